The Morgan fingerprint density at radius 1 is 1.33 bits per heavy atom. The Labute approximate surface area is 88.6 Å². The molecule has 15 heavy (non-hydrogen) atoms. The first-order valence-corrected chi connectivity index (χ1v) is 4.82. The Bertz CT molecular complexity index is 450. The summed E-state index contributed by atoms with van der Waals surface area (Å²) in [7, 11) is 3.93. The van der Waals surface area contributed by atoms with E-state index in [2.05, 4.69) is 5.43 Å². The number of nitrogens with one attached hydrogen (secondary N) is 1. The second-order valence-electron chi connectivity index (χ2n) is 3.72. The molecule has 1 aromatic heterocycles. The van der Waals surface area contributed by atoms with E-state index in [1.54, 1.807) is 6.26 Å². The molecule has 1 atom stereocenters. The van der Waals surface area contributed by atoms with Gasteiger partial charge in [-0.3, -0.25) is 10.7 Å². The topological polar surface area (TPSA) is 54.4 Å². The molecule has 1 heterocycles. The smallest absolute Gasteiger partial charge is 0.134 e. The van der Waals surface area contributed by atoms with Gasteiger partial charge in [0.25, 0.3) is 0 Å². The third-order valence-corrected chi connectivity index (χ3v) is 2.48. The minimum absolute atomic E-state index is 0.0337. The van der Waals surface area contributed by atoms with Crippen molar-refractivity contribution in [1.29, 1.82) is 0 Å². The Morgan fingerprint density at radius 2 is 2.07 bits per heavy atom. The molecule has 0 saturated heterocycles. The van der Waals surface area contributed by atoms with E-state index in [9.17, 15) is 0 Å². The number of hydrogen-bond acceptors (Lipinski definition) is 4. The molecule has 4 nitrogen and oxygen atoms in total. The number of benzene rings is 1. The molecule has 80 valence electrons. The van der Waals surface area contributed by atoms with Gasteiger partial charge in [-0.05, 0) is 20.2 Å². The van der Waals surface area contributed by atoms with E-state index in [0.29, 0.717) is 0 Å². The van der Waals surface area contributed by atoms with Crippen LogP contribution in [0.5, 0.6) is 0 Å². The first kappa shape index (κ1) is 10.2. The van der Waals surface area contributed by atoms with Crippen LogP contribution in [0, 0.1) is 0 Å². The van der Waals surface area contributed by atoms with Crippen molar-refractivity contribution < 1.29 is 4.42 Å². The number of furan rings is 1. The predicted octanol–water partition coefficient (Wildman–Crippen LogP) is 1.46. The van der Waals surface area contributed by atoms with E-state index in [0.717, 1.165) is 16.5 Å². The molecular weight excluding hydrogens is 190 g/mol. The number of hydrazine groups is 1. The highest BCUT2D eigenvalue weighted by Gasteiger charge is 2.16. The van der Waals surface area contributed by atoms with Crippen LogP contribution in [0.25, 0.3) is 11.0 Å². The highest BCUT2D eigenvalue weighted by molar-refractivity contribution is 5.81. The third kappa shape index (κ3) is 1.74. The number of rotatable bonds is 3. The van der Waals surface area contributed by atoms with Crippen molar-refractivity contribution >= 4 is 11.0 Å². The predicted molar refractivity (Wildman–Crippen MR) is 60.0 cm³/mol. The van der Waals surface area contributed by atoms with Gasteiger partial charge >= 0.3 is 0 Å². The van der Waals surface area contributed by atoms with Crippen LogP contribution >= 0.6 is 0 Å². The monoisotopic (exact) mass is 205 g/mol. The largest absolute Gasteiger partial charge is 0.464 e. The second kappa shape index (κ2) is 4.02. The number of para-hydroxylation sites is 1. The number of fused-ring (bicyclic) bond motifs is 1. The summed E-state index contributed by atoms with van der Waals surface area (Å²) < 4.78 is 5.46. The summed E-state index contributed by atoms with van der Waals surface area (Å²) in [5.41, 5.74) is 4.70. The zero-order chi connectivity index (χ0) is 10.8. The lowest BCUT2D eigenvalue weighted by molar-refractivity contribution is 0.253. The van der Waals surface area contributed by atoms with Crippen LogP contribution in [0.15, 0.2) is 34.9 Å². The number of hydrogen-bond donors (Lipinski definition) is 2. The summed E-state index contributed by atoms with van der Waals surface area (Å²) >= 11 is 0. The first-order chi connectivity index (χ1) is 7.24. The molecule has 0 amide bonds. The van der Waals surface area contributed by atoms with Gasteiger partial charge in [0.05, 0.1) is 6.26 Å². The van der Waals surface area contributed by atoms with Crippen molar-refractivity contribution in [1.82, 2.24) is 10.3 Å². The minimum Gasteiger partial charge on any atom is -0.464 e. The molecule has 2 rings (SSSR count). The molecule has 0 fully saturated rings. The Hall–Kier alpha value is -1.36. The molecule has 4 heteroatoms. The number of nitrogens with zero attached hydrogens (tertiary/aromatic N) is 1. The Morgan fingerprint density at radius 3 is 2.73 bits per heavy atom. The van der Waals surface area contributed by atoms with E-state index in [-0.39, 0.29) is 6.17 Å². The summed E-state index contributed by atoms with van der Waals surface area (Å²) in [5.74, 6) is 5.52. The molecule has 0 saturated carbocycles. The lowest BCUT2D eigenvalue weighted by Gasteiger charge is -2.22. The summed E-state index contributed by atoms with van der Waals surface area (Å²) in [6.45, 7) is 0. The maximum atomic E-state index is 5.52. The molecule has 2 aromatic rings. The van der Waals surface area contributed by atoms with Crippen LogP contribution in [0.1, 0.15) is 11.7 Å². The van der Waals surface area contributed by atoms with Gasteiger partial charge in [-0.1, -0.05) is 18.2 Å². The summed E-state index contributed by atoms with van der Waals surface area (Å²) in [6, 6.07) is 7.92. The van der Waals surface area contributed by atoms with Gasteiger partial charge in [-0.25, -0.2) is 5.43 Å². The molecule has 0 aliphatic rings. The molecular formula is C11H15N3O. The van der Waals surface area contributed by atoms with Gasteiger partial charge in [-0.15, -0.1) is 0 Å². The van der Waals surface area contributed by atoms with Gasteiger partial charge in [0.1, 0.15) is 11.7 Å². The third-order valence-electron chi connectivity index (χ3n) is 2.48. The van der Waals surface area contributed by atoms with Crippen LogP contribution in [-0.2, 0) is 0 Å². The van der Waals surface area contributed by atoms with Crippen LogP contribution in [-0.4, -0.2) is 19.0 Å². The van der Waals surface area contributed by atoms with Crippen molar-refractivity contribution in [2.75, 3.05) is 14.1 Å². The maximum absolute atomic E-state index is 5.52. The Kier molecular flexibility index (Phi) is 2.73. The first-order valence-electron chi connectivity index (χ1n) is 4.82. The summed E-state index contributed by atoms with van der Waals surface area (Å²) in [5, 5.41) is 1.09. The van der Waals surface area contributed by atoms with Crippen LogP contribution in [0.3, 0.4) is 0 Å². The molecule has 0 radical (unpaired) electrons. The van der Waals surface area contributed by atoms with E-state index >= 15 is 0 Å². The van der Waals surface area contributed by atoms with Crippen LogP contribution in [0.2, 0.25) is 0 Å². The van der Waals surface area contributed by atoms with Crippen molar-refractivity contribution in [2.45, 2.75) is 6.17 Å². The van der Waals surface area contributed by atoms with Gasteiger partial charge in [0.15, 0.2) is 0 Å². The average molecular weight is 205 g/mol. The lowest BCUT2D eigenvalue weighted by Crippen LogP contribution is -2.37. The molecule has 0 spiro atoms. The van der Waals surface area contributed by atoms with Crippen LogP contribution in [0.4, 0.5) is 0 Å². The standard InChI is InChI=1S/C11H15N3O/c1-14(2)11(13-12)9-7-15-10-6-4-3-5-8(9)10/h3-7,11,13H,12H2,1-2H3. The molecule has 0 bridgehead atoms. The summed E-state index contributed by atoms with van der Waals surface area (Å²) in [4.78, 5) is 2.00. The maximum Gasteiger partial charge on any atom is 0.134 e. The van der Waals surface area contributed by atoms with E-state index < -0.39 is 0 Å². The average Bonchev–Trinajstić information content (AvgIpc) is 2.63. The van der Waals surface area contributed by atoms with Crippen LogP contribution < -0.4 is 11.3 Å². The van der Waals surface area contributed by atoms with Gasteiger partial charge in [-0.2, -0.15) is 0 Å². The fourth-order valence-corrected chi connectivity index (χ4v) is 1.73. The van der Waals surface area contributed by atoms with Crippen molar-refractivity contribution in [3.8, 4) is 0 Å². The molecule has 1 aromatic carbocycles. The van der Waals surface area contributed by atoms with Gasteiger partial charge in [0, 0.05) is 10.9 Å². The highest BCUT2D eigenvalue weighted by Crippen LogP contribution is 2.26. The normalized spacial score (nSPS) is 13.6. The van der Waals surface area contributed by atoms with Crippen molar-refractivity contribution in [3.63, 3.8) is 0 Å². The van der Waals surface area contributed by atoms with E-state index in [1.807, 2.05) is 43.3 Å². The van der Waals surface area contributed by atoms with Crippen molar-refractivity contribution in [3.05, 3.63) is 36.1 Å². The molecule has 0 aliphatic carbocycles. The summed E-state index contributed by atoms with van der Waals surface area (Å²) in [6.07, 6.45) is 1.71. The van der Waals surface area contributed by atoms with Crippen molar-refractivity contribution in [2.24, 2.45) is 5.84 Å². The van der Waals surface area contributed by atoms with E-state index in [4.69, 9.17) is 10.3 Å². The molecule has 3 N–H and O–H groups in total. The second-order valence-corrected chi connectivity index (χ2v) is 3.72. The van der Waals surface area contributed by atoms with Gasteiger partial charge < -0.3 is 4.42 Å². The zero-order valence-electron chi connectivity index (χ0n) is 8.90. The van der Waals surface area contributed by atoms with Gasteiger partial charge in [0.2, 0.25) is 0 Å². The molecule has 0 aliphatic heterocycles. The minimum atomic E-state index is -0.0337. The van der Waals surface area contributed by atoms with E-state index in [1.165, 1.54) is 0 Å². The fraction of sp³-hybridized carbons (Fsp3) is 0.273. The number of nitrogens with two attached hydrogens (primary N) is 1. The lowest BCUT2D eigenvalue weighted by atomic mass is 10.1. The Balaban J connectivity index is 2.51. The zero-order valence-corrected chi connectivity index (χ0v) is 8.90. The fourth-order valence-electron chi connectivity index (χ4n) is 1.73. The SMILES string of the molecule is CN(C)C(NN)c1coc2ccccc12. The quantitative estimate of drug-likeness (QED) is 0.452. The highest BCUT2D eigenvalue weighted by atomic mass is 16.3. The molecule has 1 unspecified atom stereocenters.